The molecule has 0 fully saturated rings. The Morgan fingerprint density at radius 2 is 2.08 bits per heavy atom. The van der Waals surface area contributed by atoms with Crippen LogP contribution in [-0.4, -0.2) is 33.7 Å². The number of aromatic nitrogens is 2. The second-order valence-corrected chi connectivity index (χ2v) is 7.65. The molecule has 0 saturated carbocycles. The van der Waals surface area contributed by atoms with Crippen molar-refractivity contribution < 1.29 is 9.32 Å². The molecule has 2 heterocycles. The average Bonchev–Trinajstić information content (AvgIpc) is 3.27. The van der Waals surface area contributed by atoms with Crippen LogP contribution in [0.15, 0.2) is 46.3 Å². The van der Waals surface area contributed by atoms with Crippen molar-refractivity contribution in [3.8, 4) is 10.7 Å². The highest BCUT2D eigenvalue weighted by atomic mass is 32.2. The summed E-state index contributed by atoms with van der Waals surface area (Å²) in [4.78, 5) is 19.2. The Labute approximate surface area is 155 Å². The van der Waals surface area contributed by atoms with Gasteiger partial charge in [-0.1, -0.05) is 41.1 Å². The van der Waals surface area contributed by atoms with E-state index in [1.807, 2.05) is 17.5 Å². The largest absolute Gasteiger partial charge is 0.337 e. The molecule has 2 aromatic heterocycles. The highest BCUT2D eigenvalue weighted by Gasteiger charge is 2.15. The summed E-state index contributed by atoms with van der Waals surface area (Å²) in [5.41, 5.74) is 2.47. The molecule has 7 heteroatoms. The highest BCUT2D eigenvalue weighted by molar-refractivity contribution is 7.99. The van der Waals surface area contributed by atoms with Crippen LogP contribution in [0.5, 0.6) is 0 Å². The van der Waals surface area contributed by atoms with Crippen LogP contribution in [0.3, 0.4) is 0 Å². The molecular formula is C18H19N3O2S2. The zero-order valence-electron chi connectivity index (χ0n) is 14.1. The van der Waals surface area contributed by atoms with Gasteiger partial charge in [-0.2, -0.15) is 4.98 Å². The van der Waals surface area contributed by atoms with Crippen molar-refractivity contribution in [1.82, 2.24) is 15.0 Å². The SMILES string of the molecule is Cc1ccc(CSCC(=O)N(C)Cc2nc(-c3cccs3)no2)cc1. The Hall–Kier alpha value is -2.12. The van der Waals surface area contributed by atoms with Crippen molar-refractivity contribution >= 4 is 29.0 Å². The maximum atomic E-state index is 12.2. The normalized spacial score (nSPS) is 10.8. The molecule has 1 amide bonds. The average molecular weight is 374 g/mol. The van der Waals surface area contributed by atoms with Crippen LogP contribution in [0.1, 0.15) is 17.0 Å². The van der Waals surface area contributed by atoms with Crippen molar-refractivity contribution in [3.63, 3.8) is 0 Å². The van der Waals surface area contributed by atoms with E-state index in [0.717, 1.165) is 10.6 Å². The van der Waals surface area contributed by atoms with Gasteiger partial charge in [0.1, 0.15) is 0 Å². The number of hydrogen-bond donors (Lipinski definition) is 0. The second kappa shape index (κ2) is 8.31. The van der Waals surface area contributed by atoms with Crippen molar-refractivity contribution in [2.45, 2.75) is 19.2 Å². The number of carbonyl (C=O) groups is 1. The van der Waals surface area contributed by atoms with E-state index >= 15 is 0 Å². The fraction of sp³-hybridized carbons (Fsp3) is 0.278. The van der Waals surface area contributed by atoms with Gasteiger partial charge in [0.05, 0.1) is 17.2 Å². The fourth-order valence-electron chi connectivity index (χ4n) is 2.17. The van der Waals surface area contributed by atoms with E-state index in [-0.39, 0.29) is 5.91 Å². The van der Waals surface area contributed by atoms with Crippen molar-refractivity contribution in [2.24, 2.45) is 0 Å². The molecule has 0 radical (unpaired) electrons. The van der Waals surface area contributed by atoms with E-state index in [2.05, 4.69) is 41.3 Å². The Morgan fingerprint density at radius 3 is 2.80 bits per heavy atom. The summed E-state index contributed by atoms with van der Waals surface area (Å²) < 4.78 is 5.24. The molecular weight excluding hydrogens is 354 g/mol. The third-order valence-corrected chi connectivity index (χ3v) is 5.48. The molecule has 0 aliphatic carbocycles. The topological polar surface area (TPSA) is 59.2 Å². The first-order valence-corrected chi connectivity index (χ1v) is 9.89. The fourth-order valence-corrected chi connectivity index (χ4v) is 3.74. The molecule has 0 saturated heterocycles. The third-order valence-electron chi connectivity index (χ3n) is 3.62. The number of aryl methyl sites for hydroxylation is 1. The summed E-state index contributed by atoms with van der Waals surface area (Å²) >= 11 is 3.16. The van der Waals surface area contributed by atoms with E-state index in [4.69, 9.17) is 4.52 Å². The van der Waals surface area contributed by atoms with E-state index in [1.54, 1.807) is 35.0 Å². The molecule has 25 heavy (non-hydrogen) atoms. The van der Waals surface area contributed by atoms with Crippen LogP contribution in [-0.2, 0) is 17.1 Å². The Kier molecular flexibility index (Phi) is 5.88. The van der Waals surface area contributed by atoms with Gasteiger partial charge >= 0.3 is 0 Å². The summed E-state index contributed by atoms with van der Waals surface area (Å²) in [6, 6.07) is 12.3. The lowest BCUT2D eigenvalue weighted by atomic mass is 10.2. The summed E-state index contributed by atoms with van der Waals surface area (Å²) in [7, 11) is 1.75. The molecule has 0 bridgehead atoms. The van der Waals surface area contributed by atoms with E-state index in [9.17, 15) is 4.79 Å². The van der Waals surface area contributed by atoms with Gasteiger partial charge in [0, 0.05) is 12.8 Å². The summed E-state index contributed by atoms with van der Waals surface area (Å²) in [6.07, 6.45) is 0. The molecule has 1 aromatic carbocycles. The number of amides is 1. The van der Waals surface area contributed by atoms with Gasteiger partial charge in [0.25, 0.3) is 0 Å². The quantitative estimate of drug-likeness (QED) is 0.626. The van der Waals surface area contributed by atoms with Crippen molar-refractivity contribution in [3.05, 3.63) is 58.8 Å². The van der Waals surface area contributed by atoms with Crippen LogP contribution in [0.4, 0.5) is 0 Å². The number of rotatable bonds is 7. The maximum absolute atomic E-state index is 12.2. The van der Waals surface area contributed by atoms with E-state index < -0.39 is 0 Å². The first-order chi connectivity index (χ1) is 12.1. The predicted octanol–water partition coefficient (Wildman–Crippen LogP) is 4.00. The number of hydrogen-bond acceptors (Lipinski definition) is 6. The number of thioether (sulfide) groups is 1. The first kappa shape index (κ1) is 17.7. The number of nitrogens with zero attached hydrogens (tertiary/aromatic N) is 3. The number of benzene rings is 1. The highest BCUT2D eigenvalue weighted by Crippen LogP contribution is 2.21. The monoisotopic (exact) mass is 373 g/mol. The molecule has 0 spiro atoms. The third kappa shape index (κ3) is 4.93. The summed E-state index contributed by atoms with van der Waals surface area (Å²) in [6.45, 7) is 2.39. The molecule has 3 rings (SSSR count). The minimum atomic E-state index is 0.0491. The molecule has 5 nitrogen and oxygen atoms in total. The summed E-state index contributed by atoms with van der Waals surface area (Å²) in [5.74, 6) is 2.31. The number of carbonyl (C=O) groups excluding carboxylic acids is 1. The molecule has 0 N–H and O–H groups in total. The predicted molar refractivity (Wildman–Crippen MR) is 101 cm³/mol. The lowest BCUT2D eigenvalue weighted by Gasteiger charge is -2.14. The molecule has 0 atom stereocenters. The zero-order chi connectivity index (χ0) is 17.6. The minimum Gasteiger partial charge on any atom is -0.337 e. The van der Waals surface area contributed by atoms with E-state index in [0.29, 0.717) is 24.0 Å². The van der Waals surface area contributed by atoms with Gasteiger partial charge in [0.2, 0.25) is 17.6 Å². The number of thiophene rings is 1. The Morgan fingerprint density at radius 1 is 1.28 bits per heavy atom. The van der Waals surface area contributed by atoms with E-state index in [1.165, 1.54) is 11.1 Å². The van der Waals surface area contributed by atoms with Crippen LogP contribution in [0, 0.1) is 6.92 Å². The van der Waals surface area contributed by atoms with Gasteiger partial charge in [-0.25, -0.2) is 0 Å². The standard InChI is InChI=1S/C18H19N3O2S2/c1-13-5-7-14(8-6-13)11-24-12-17(22)21(2)10-16-19-18(20-23-16)15-4-3-9-25-15/h3-9H,10-12H2,1-2H3. The minimum absolute atomic E-state index is 0.0491. The van der Waals surface area contributed by atoms with Gasteiger partial charge in [-0.3, -0.25) is 4.79 Å². The molecule has 3 aromatic rings. The first-order valence-electron chi connectivity index (χ1n) is 7.85. The lowest BCUT2D eigenvalue weighted by molar-refractivity contribution is -0.127. The van der Waals surface area contributed by atoms with Crippen molar-refractivity contribution in [1.29, 1.82) is 0 Å². The van der Waals surface area contributed by atoms with Crippen molar-refractivity contribution in [2.75, 3.05) is 12.8 Å². The maximum Gasteiger partial charge on any atom is 0.246 e. The van der Waals surface area contributed by atoms with Crippen LogP contribution in [0.2, 0.25) is 0 Å². The Balaban J connectivity index is 1.46. The van der Waals surface area contributed by atoms with Gasteiger partial charge in [-0.05, 0) is 23.9 Å². The van der Waals surface area contributed by atoms with Crippen LogP contribution < -0.4 is 0 Å². The molecule has 0 aliphatic heterocycles. The van der Waals surface area contributed by atoms with Crippen LogP contribution >= 0.6 is 23.1 Å². The van der Waals surface area contributed by atoms with Crippen LogP contribution in [0.25, 0.3) is 10.7 Å². The second-order valence-electron chi connectivity index (χ2n) is 5.72. The Bertz CT molecular complexity index is 813. The van der Waals surface area contributed by atoms with Gasteiger partial charge < -0.3 is 9.42 Å². The molecule has 0 unspecified atom stereocenters. The molecule has 130 valence electrons. The molecule has 0 aliphatic rings. The summed E-state index contributed by atoms with van der Waals surface area (Å²) in [5, 5.41) is 5.93. The lowest BCUT2D eigenvalue weighted by Crippen LogP contribution is -2.28. The van der Waals surface area contributed by atoms with Gasteiger partial charge in [0.15, 0.2) is 0 Å². The van der Waals surface area contributed by atoms with Gasteiger partial charge in [-0.15, -0.1) is 23.1 Å². The zero-order valence-corrected chi connectivity index (χ0v) is 15.8. The smallest absolute Gasteiger partial charge is 0.246 e.